The summed E-state index contributed by atoms with van der Waals surface area (Å²) in [5, 5.41) is 6.63. The average Bonchev–Trinajstić information content (AvgIpc) is 2.44. The van der Waals surface area contributed by atoms with Gasteiger partial charge in [-0.3, -0.25) is 9.59 Å². The molecule has 1 amide bonds. The molecule has 0 aromatic heterocycles. The molecule has 0 atom stereocenters. The van der Waals surface area contributed by atoms with Gasteiger partial charge < -0.3 is 10.6 Å². The first-order chi connectivity index (χ1) is 10.4. The average molecular weight is 337 g/mol. The number of carbonyl (C=O) groups is 2. The minimum absolute atomic E-state index is 0.0530. The Morgan fingerprint density at radius 3 is 2.32 bits per heavy atom. The van der Waals surface area contributed by atoms with Crippen LogP contribution in [0.25, 0.3) is 0 Å². The summed E-state index contributed by atoms with van der Waals surface area (Å²) in [5.74, 6) is -0.292. The molecular formula is C16H14Cl2N2O2. The second kappa shape index (κ2) is 7.29. The van der Waals surface area contributed by atoms with Gasteiger partial charge in [-0.25, -0.2) is 0 Å². The molecule has 0 fully saturated rings. The van der Waals surface area contributed by atoms with Crippen LogP contribution in [-0.2, 0) is 4.79 Å². The number of benzene rings is 2. The maximum atomic E-state index is 11.9. The predicted octanol–water partition coefficient (Wildman–Crippen LogP) is 4.25. The first-order valence-corrected chi connectivity index (χ1v) is 7.30. The van der Waals surface area contributed by atoms with E-state index in [1.807, 2.05) is 0 Å². The molecule has 0 bridgehead atoms. The summed E-state index contributed by atoms with van der Waals surface area (Å²) in [5.41, 5.74) is 1.78. The van der Waals surface area contributed by atoms with E-state index in [1.54, 1.807) is 42.5 Å². The number of rotatable bonds is 5. The number of halogens is 2. The zero-order valence-corrected chi connectivity index (χ0v) is 13.3. The number of carbonyl (C=O) groups excluding carboxylic acids is 2. The topological polar surface area (TPSA) is 58.2 Å². The fraction of sp³-hybridized carbons (Fsp3) is 0.125. The molecule has 0 saturated heterocycles. The number of ketones is 1. The largest absolute Gasteiger partial charge is 0.376 e. The van der Waals surface area contributed by atoms with Crippen molar-refractivity contribution in [2.24, 2.45) is 0 Å². The van der Waals surface area contributed by atoms with Gasteiger partial charge in [0.05, 0.1) is 6.54 Å². The highest BCUT2D eigenvalue weighted by atomic mass is 35.5. The van der Waals surface area contributed by atoms with Gasteiger partial charge in [0.15, 0.2) is 5.78 Å². The number of amides is 1. The first-order valence-electron chi connectivity index (χ1n) is 6.55. The van der Waals surface area contributed by atoms with E-state index in [0.717, 1.165) is 0 Å². The van der Waals surface area contributed by atoms with Gasteiger partial charge in [0.2, 0.25) is 5.91 Å². The molecule has 0 heterocycles. The highest BCUT2D eigenvalue weighted by molar-refractivity contribution is 6.35. The Hall–Kier alpha value is -2.04. The van der Waals surface area contributed by atoms with Crippen molar-refractivity contribution in [1.29, 1.82) is 0 Å². The molecule has 0 saturated carbocycles. The third-order valence-corrected chi connectivity index (χ3v) is 3.30. The molecule has 0 unspecified atom stereocenters. The lowest BCUT2D eigenvalue weighted by Gasteiger charge is -2.09. The molecule has 0 aliphatic heterocycles. The van der Waals surface area contributed by atoms with Gasteiger partial charge in [0, 0.05) is 27.0 Å². The van der Waals surface area contributed by atoms with Crippen LogP contribution in [0, 0.1) is 0 Å². The molecule has 6 heteroatoms. The Balaban J connectivity index is 1.95. The van der Waals surface area contributed by atoms with E-state index >= 15 is 0 Å². The second-order valence-corrected chi connectivity index (χ2v) is 5.57. The van der Waals surface area contributed by atoms with Gasteiger partial charge in [-0.15, -0.1) is 0 Å². The van der Waals surface area contributed by atoms with Crippen LogP contribution >= 0.6 is 23.2 Å². The van der Waals surface area contributed by atoms with Crippen LogP contribution in [0.4, 0.5) is 11.4 Å². The Bertz CT molecular complexity index is 697. The lowest BCUT2D eigenvalue weighted by atomic mass is 10.1. The van der Waals surface area contributed by atoms with Crippen LogP contribution in [0.2, 0.25) is 10.0 Å². The Labute approximate surface area is 138 Å². The molecular weight excluding hydrogens is 323 g/mol. The summed E-state index contributed by atoms with van der Waals surface area (Å²) in [6.45, 7) is 1.53. The number of hydrogen-bond donors (Lipinski definition) is 2. The SMILES string of the molecule is CC(=O)c1cccc(NC(=O)CNc2cc(Cl)cc(Cl)c2)c1. The molecule has 0 radical (unpaired) electrons. The zero-order valence-electron chi connectivity index (χ0n) is 11.8. The zero-order chi connectivity index (χ0) is 16.1. The normalized spacial score (nSPS) is 10.1. The molecule has 0 aliphatic carbocycles. The van der Waals surface area contributed by atoms with Gasteiger partial charge in [-0.2, -0.15) is 0 Å². The summed E-state index contributed by atoms with van der Waals surface area (Å²) in [4.78, 5) is 23.2. The maximum absolute atomic E-state index is 11.9. The minimum Gasteiger partial charge on any atom is -0.376 e. The van der Waals surface area contributed by atoms with E-state index in [1.165, 1.54) is 6.92 Å². The molecule has 2 aromatic rings. The monoisotopic (exact) mass is 336 g/mol. The van der Waals surface area contributed by atoms with Crippen LogP contribution in [-0.4, -0.2) is 18.2 Å². The van der Waals surface area contributed by atoms with E-state index < -0.39 is 0 Å². The Kier molecular flexibility index (Phi) is 5.41. The third kappa shape index (κ3) is 4.76. The fourth-order valence-corrected chi connectivity index (χ4v) is 2.39. The van der Waals surface area contributed by atoms with Crippen LogP contribution < -0.4 is 10.6 Å². The number of hydrogen-bond acceptors (Lipinski definition) is 3. The molecule has 22 heavy (non-hydrogen) atoms. The number of anilines is 2. The van der Waals surface area contributed by atoms with Crippen LogP contribution in [0.1, 0.15) is 17.3 Å². The van der Waals surface area contributed by atoms with Crippen LogP contribution in [0.15, 0.2) is 42.5 Å². The smallest absolute Gasteiger partial charge is 0.243 e. The van der Waals surface area contributed by atoms with Crippen molar-refractivity contribution in [1.82, 2.24) is 0 Å². The maximum Gasteiger partial charge on any atom is 0.243 e. The molecule has 114 valence electrons. The molecule has 0 aliphatic rings. The van der Waals surface area contributed by atoms with Crippen molar-refractivity contribution >= 4 is 46.3 Å². The van der Waals surface area contributed by atoms with Crippen LogP contribution in [0.3, 0.4) is 0 Å². The highest BCUT2D eigenvalue weighted by Crippen LogP contribution is 2.22. The van der Waals surface area contributed by atoms with Crippen molar-refractivity contribution in [2.75, 3.05) is 17.2 Å². The third-order valence-electron chi connectivity index (χ3n) is 2.87. The van der Waals surface area contributed by atoms with Crippen LogP contribution in [0.5, 0.6) is 0 Å². The lowest BCUT2D eigenvalue weighted by Crippen LogP contribution is -2.21. The number of nitrogens with one attached hydrogen (secondary N) is 2. The highest BCUT2D eigenvalue weighted by Gasteiger charge is 2.05. The summed E-state index contributed by atoms with van der Waals surface area (Å²) in [6, 6.07) is 11.7. The predicted molar refractivity (Wildman–Crippen MR) is 90.0 cm³/mol. The molecule has 4 nitrogen and oxygen atoms in total. The molecule has 2 rings (SSSR count). The number of Topliss-reactive ketones (excluding diaryl/α,β-unsaturated/α-hetero) is 1. The van der Waals surface area contributed by atoms with Crippen molar-refractivity contribution < 1.29 is 9.59 Å². The first kappa shape index (κ1) is 16.3. The van der Waals surface area contributed by atoms with Crippen molar-refractivity contribution in [3.05, 3.63) is 58.1 Å². The van der Waals surface area contributed by atoms with Gasteiger partial charge in [0.25, 0.3) is 0 Å². The molecule has 2 aromatic carbocycles. The van der Waals surface area contributed by atoms with Gasteiger partial charge in [-0.05, 0) is 37.3 Å². The van der Waals surface area contributed by atoms with Gasteiger partial charge in [-0.1, -0.05) is 35.3 Å². The summed E-state index contributed by atoms with van der Waals surface area (Å²) in [6.07, 6.45) is 0. The van der Waals surface area contributed by atoms with Gasteiger partial charge >= 0.3 is 0 Å². The van der Waals surface area contributed by atoms with Crippen molar-refractivity contribution in [2.45, 2.75) is 6.92 Å². The van der Waals surface area contributed by atoms with E-state index in [9.17, 15) is 9.59 Å². The summed E-state index contributed by atoms with van der Waals surface area (Å²) in [7, 11) is 0. The van der Waals surface area contributed by atoms with Crippen molar-refractivity contribution in [3.8, 4) is 0 Å². The standard InChI is InChI=1S/C16H14Cl2N2O2/c1-10(21)11-3-2-4-14(5-11)20-16(22)9-19-15-7-12(17)6-13(18)8-15/h2-8,19H,9H2,1H3,(H,20,22). The molecule has 0 spiro atoms. The van der Waals surface area contributed by atoms with Crippen molar-refractivity contribution in [3.63, 3.8) is 0 Å². The quantitative estimate of drug-likeness (QED) is 0.802. The Morgan fingerprint density at radius 1 is 1.00 bits per heavy atom. The molecule has 2 N–H and O–H groups in total. The van der Waals surface area contributed by atoms with Gasteiger partial charge in [0.1, 0.15) is 0 Å². The van der Waals surface area contributed by atoms with E-state index in [-0.39, 0.29) is 18.2 Å². The summed E-state index contributed by atoms with van der Waals surface area (Å²) >= 11 is 11.8. The summed E-state index contributed by atoms with van der Waals surface area (Å²) < 4.78 is 0. The van der Waals surface area contributed by atoms with E-state index in [4.69, 9.17) is 23.2 Å². The lowest BCUT2D eigenvalue weighted by molar-refractivity contribution is -0.114. The minimum atomic E-state index is -0.239. The second-order valence-electron chi connectivity index (χ2n) is 4.70. The van der Waals surface area contributed by atoms with E-state index in [2.05, 4.69) is 10.6 Å². The Morgan fingerprint density at radius 2 is 1.68 bits per heavy atom. The fourth-order valence-electron chi connectivity index (χ4n) is 1.86. The van der Waals surface area contributed by atoms with E-state index in [0.29, 0.717) is 27.0 Å².